The second-order valence-corrected chi connectivity index (χ2v) is 8.55. The van der Waals surface area contributed by atoms with Crippen molar-refractivity contribution in [2.45, 2.75) is 33.9 Å². The molecule has 4 atom stereocenters. The van der Waals surface area contributed by atoms with Crippen LogP contribution in [-0.2, 0) is 4.74 Å². The highest BCUT2D eigenvalue weighted by atomic mass is 16.8. The summed E-state index contributed by atoms with van der Waals surface area (Å²) in [5.41, 5.74) is -2.65. The van der Waals surface area contributed by atoms with Crippen molar-refractivity contribution in [2.24, 2.45) is 0 Å². The van der Waals surface area contributed by atoms with E-state index in [2.05, 4.69) is 20.1 Å². The maximum absolute atomic E-state index is 11.1. The van der Waals surface area contributed by atoms with Gasteiger partial charge in [0.2, 0.25) is 11.4 Å². The number of hydrogen-bond donors (Lipinski definition) is 5. The van der Waals surface area contributed by atoms with Crippen molar-refractivity contribution in [3.05, 3.63) is 31.0 Å². The Morgan fingerprint density at radius 2 is 1.93 bits per heavy atom. The number of nitriles is 1. The van der Waals surface area contributed by atoms with Crippen molar-refractivity contribution < 1.29 is 25.2 Å². The molecule has 2 fully saturated rings. The molecule has 5 rings (SSSR count). The molecule has 0 spiro atoms. The first-order valence-corrected chi connectivity index (χ1v) is 9.28. The van der Waals surface area contributed by atoms with E-state index in [0.29, 0.717) is 16.9 Å². The highest BCUT2D eigenvalue weighted by Crippen LogP contribution is 2.77. The van der Waals surface area contributed by atoms with E-state index in [9.17, 15) is 25.7 Å². The summed E-state index contributed by atoms with van der Waals surface area (Å²) in [5, 5.41) is 57.1. The molecule has 11 nitrogen and oxygen atoms in total. The van der Waals surface area contributed by atoms with Crippen LogP contribution in [0.2, 0.25) is 5.21 Å². The highest BCUT2D eigenvalue weighted by molar-refractivity contribution is 6.47. The molecule has 0 radical (unpaired) electrons. The van der Waals surface area contributed by atoms with E-state index in [4.69, 9.17) is 4.74 Å². The lowest BCUT2D eigenvalue weighted by Crippen LogP contribution is -2.65. The number of aromatic nitrogens is 5. The summed E-state index contributed by atoms with van der Waals surface area (Å²) < 4.78 is 6.63. The number of aliphatic hydroxyl groups is 4. The number of H-pyrrole nitrogens is 1. The lowest BCUT2D eigenvalue weighted by Gasteiger charge is -2.44. The van der Waals surface area contributed by atoms with Crippen LogP contribution >= 0.6 is 0 Å². The van der Waals surface area contributed by atoms with Gasteiger partial charge in [-0.15, -0.1) is 0 Å². The average molecular weight is 406 g/mol. The lowest BCUT2D eigenvalue weighted by atomic mass is 9.40. The minimum Gasteiger partial charge on any atom is -0.394 e. The first-order valence-electron chi connectivity index (χ1n) is 9.28. The first kappa shape index (κ1) is 19.3. The number of nitrogens with one attached hydrogen (secondary N) is 1. The van der Waals surface area contributed by atoms with Gasteiger partial charge in [-0.05, 0) is 11.3 Å². The molecule has 1 aliphatic heterocycles. The molecule has 4 heterocycles. The van der Waals surface area contributed by atoms with E-state index < -0.39 is 33.9 Å². The molecule has 150 valence electrons. The molecule has 30 heavy (non-hydrogen) atoms. The zero-order valence-electron chi connectivity index (χ0n) is 16.4. The van der Waals surface area contributed by atoms with Gasteiger partial charge in [-0.3, -0.25) is 4.68 Å². The number of ether oxygens (including phenoxy) is 1. The summed E-state index contributed by atoms with van der Waals surface area (Å²) in [6, 6.07) is 2.29. The Morgan fingerprint density at radius 3 is 2.57 bits per heavy atom. The van der Waals surface area contributed by atoms with Crippen molar-refractivity contribution >= 4 is 34.6 Å². The zero-order chi connectivity index (χ0) is 21.7. The predicted molar refractivity (Wildman–Crippen MR) is 109 cm³/mol. The van der Waals surface area contributed by atoms with Gasteiger partial charge in [-0.1, -0.05) is 0 Å². The molecule has 1 saturated heterocycles. The molecule has 1 aliphatic carbocycles. The second kappa shape index (κ2) is 5.32. The Bertz CT molecular complexity index is 1230. The SMILES string of the molecule is BC1(B)C(B)(O)C(O)(O)C2(C(C#N)n3cc(-c4ncnc5[nH]ccc45)cn3)OC12O. The van der Waals surface area contributed by atoms with Crippen LogP contribution in [0.1, 0.15) is 6.04 Å². The van der Waals surface area contributed by atoms with E-state index in [0.717, 1.165) is 5.39 Å². The van der Waals surface area contributed by atoms with Crippen molar-refractivity contribution in [2.75, 3.05) is 0 Å². The molecule has 2 aliphatic rings. The minimum atomic E-state index is -2.94. The molecule has 1 saturated carbocycles. The van der Waals surface area contributed by atoms with Crippen molar-refractivity contribution in [3.8, 4) is 17.3 Å². The molecular formula is C16H17B3N6O5. The fraction of sp³-hybridized carbons (Fsp3) is 0.375. The largest absolute Gasteiger partial charge is 0.394 e. The molecule has 4 unspecified atom stereocenters. The lowest BCUT2D eigenvalue weighted by molar-refractivity contribution is -0.280. The molecule has 3 aromatic heterocycles. The van der Waals surface area contributed by atoms with E-state index >= 15 is 0 Å². The van der Waals surface area contributed by atoms with Crippen LogP contribution in [-0.4, -0.2) is 91.4 Å². The third-order valence-corrected chi connectivity index (χ3v) is 7.03. The van der Waals surface area contributed by atoms with Crippen LogP contribution in [0.3, 0.4) is 0 Å². The number of aromatic amines is 1. The summed E-state index contributed by atoms with van der Waals surface area (Å²) in [7, 11) is 4.07. The number of nitrogens with zero attached hydrogens (tertiary/aromatic N) is 5. The number of fused-ring (bicyclic) bond motifs is 2. The van der Waals surface area contributed by atoms with E-state index in [1.165, 1.54) is 46.9 Å². The Hall–Kier alpha value is -2.69. The third-order valence-electron chi connectivity index (χ3n) is 7.03. The van der Waals surface area contributed by atoms with Gasteiger partial charge in [-0.2, -0.15) is 10.4 Å². The van der Waals surface area contributed by atoms with Crippen LogP contribution in [0.15, 0.2) is 31.0 Å². The molecule has 3 aromatic rings. The Kier molecular flexibility index (Phi) is 3.42. The van der Waals surface area contributed by atoms with Gasteiger partial charge < -0.3 is 30.1 Å². The highest BCUT2D eigenvalue weighted by Gasteiger charge is 2.98. The van der Waals surface area contributed by atoms with Gasteiger partial charge >= 0.3 is 0 Å². The van der Waals surface area contributed by atoms with Crippen LogP contribution < -0.4 is 0 Å². The smallest absolute Gasteiger partial charge is 0.222 e. The Labute approximate surface area is 172 Å². The molecule has 14 heteroatoms. The van der Waals surface area contributed by atoms with Crippen molar-refractivity contribution in [1.29, 1.82) is 5.26 Å². The van der Waals surface area contributed by atoms with Gasteiger partial charge in [-0.25, -0.2) is 9.97 Å². The van der Waals surface area contributed by atoms with Crippen LogP contribution in [0.25, 0.3) is 22.3 Å². The topological polar surface area (TPSA) is 177 Å². The van der Waals surface area contributed by atoms with Crippen molar-refractivity contribution in [3.63, 3.8) is 0 Å². The van der Waals surface area contributed by atoms with Crippen LogP contribution in [0.5, 0.6) is 0 Å². The summed E-state index contributed by atoms with van der Waals surface area (Å²) >= 11 is 0. The number of rotatable bonds is 3. The van der Waals surface area contributed by atoms with Gasteiger partial charge in [0.05, 0.1) is 23.5 Å². The summed E-state index contributed by atoms with van der Waals surface area (Å²) in [4.78, 5) is 11.4. The number of epoxide rings is 1. The summed E-state index contributed by atoms with van der Waals surface area (Å²) in [6.07, 6.45) is 6.07. The van der Waals surface area contributed by atoms with Crippen LogP contribution in [0, 0.1) is 11.3 Å². The van der Waals surface area contributed by atoms with E-state index in [1.807, 2.05) is 6.07 Å². The second-order valence-electron chi connectivity index (χ2n) is 8.55. The monoisotopic (exact) mass is 406 g/mol. The maximum atomic E-state index is 11.1. The fourth-order valence-electron chi connectivity index (χ4n) is 4.71. The quantitative estimate of drug-likeness (QED) is 0.164. The average Bonchev–Trinajstić information content (AvgIpc) is 3.06. The third kappa shape index (κ3) is 1.79. The van der Waals surface area contributed by atoms with Crippen molar-refractivity contribution in [1.82, 2.24) is 24.7 Å². The minimum absolute atomic E-state index is 0.549. The Balaban J connectivity index is 1.62. The normalized spacial score (nSPS) is 34.4. The maximum Gasteiger partial charge on any atom is 0.222 e. The van der Waals surface area contributed by atoms with Gasteiger partial charge in [0.15, 0.2) is 11.8 Å². The van der Waals surface area contributed by atoms with E-state index in [1.54, 1.807) is 12.3 Å². The zero-order valence-corrected chi connectivity index (χ0v) is 16.4. The standard InChI is InChI=1S/C16H17B3N6O5/c17-13(18)14(19,26)15(27,28)12(16(13,29)30-12)9(3-20)25-5-7(4-24-25)10-8-1-2-21-11(8)23-6-22-10/h1-2,4-6,9,26-29H,17-19H2,(H,21,22,23). The summed E-state index contributed by atoms with van der Waals surface area (Å²) in [6.45, 7) is 0. The van der Waals surface area contributed by atoms with Gasteiger partial charge in [0.1, 0.15) is 35.5 Å². The predicted octanol–water partition coefficient (Wildman–Crippen LogP) is -4.26. The molecule has 0 amide bonds. The van der Waals surface area contributed by atoms with Crippen LogP contribution in [0.4, 0.5) is 0 Å². The summed E-state index contributed by atoms with van der Waals surface area (Å²) in [5.74, 6) is -5.10. The Morgan fingerprint density at radius 1 is 1.20 bits per heavy atom. The van der Waals surface area contributed by atoms with Gasteiger partial charge in [0.25, 0.3) is 0 Å². The molecule has 0 bridgehead atoms. The molecular weight excluding hydrogens is 389 g/mol. The fourth-order valence-corrected chi connectivity index (χ4v) is 4.71. The number of hydrogen-bond acceptors (Lipinski definition) is 9. The van der Waals surface area contributed by atoms with Gasteiger partial charge in [0, 0.05) is 23.3 Å². The molecule has 0 aromatic carbocycles. The first-order chi connectivity index (χ1) is 14.0. The van der Waals surface area contributed by atoms with E-state index in [-0.39, 0.29) is 0 Å². The molecule has 5 N–H and O–H groups in total.